The molecule has 4 aromatic heterocycles. The van der Waals surface area contributed by atoms with Crippen LogP contribution in [0.3, 0.4) is 0 Å². The molecule has 0 bridgehead atoms. The number of nitrogens with one attached hydrogen (secondary N) is 2. The normalized spacial score (nSPS) is 10.8. The zero-order valence-electron chi connectivity index (χ0n) is 18.9. The smallest absolute Gasteiger partial charge is 0.229 e. The van der Waals surface area contributed by atoms with Crippen molar-refractivity contribution in [3.05, 3.63) is 84.1 Å². The maximum Gasteiger partial charge on any atom is 0.229 e. The molecule has 9 heteroatoms. The van der Waals surface area contributed by atoms with Gasteiger partial charge in [-0.1, -0.05) is 23.4 Å². The minimum atomic E-state index is 0.463. The maximum absolute atomic E-state index is 5.27. The zero-order chi connectivity index (χ0) is 23.5. The molecular formula is C25H22N8O. The summed E-state index contributed by atoms with van der Waals surface area (Å²) in [5.74, 6) is 3.02. The molecule has 0 aliphatic heterocycles. The van der Waals surface area contributed by atoms with Gasteiger partial charge in [-0.05, 0) is 62.7 Å². The highest BCUT2D eigenvalue weighted by molar-refractivity contribution is 5.70. The molecule has 0 fully saturated rings. The van der Waals surface area contributed by atoms with Crippen LogP contribution in [0.15, 0.2) is 71.5 Å². The van der Waals surface area contributed by atoms with Gasteiger partial charge in [-0.2, -0.15) is 4.98 Å². The molecule has 2 N–H and O–H groups in total. The molecule has 0 atom stereocenters. The van der Waals surface area contributed by atoms with Gasteiger partial charge >= 0.3 is 0 Å². The van der Waals surface area contributed by atoms with Crippen molar-refractivity contribution < 1.29 is 4.52 Å². The minimum absolute atomic E-state index is 0.463. The highest BCUT2D eigenvalue weighted by Gasteiger charge is 2.11. The molecule has 0 unspecified atom stereocenters. The van der Waals surface area contributed by atoms with Crippen LogP contribution in [0, 0.1) is 20.8 Å². The van der Waals surface area contributed by atoms with Gasteiger partial charge in [0.05, 0.1) is 5.69 Å². The van der Waals surface area contributed by atoms with Crippen molar-refractivity contribution in [3.8, 4) is 22.6 Å². The van der Waals surface area contributed by atoms with Crippen LogP contribution >= 0.6 is 0 Å². The fraction of sp³-hybridized carbons (Fsp3) is 0.120. The van der Waals surface area contributed by atoms with E-state index in [0.29, 0.717) is 29.1 Å². The molecule has 34 heavy (non-hydrogen) atoms. The van der Waals surface area contributed by atoms with Crippen LogP contribution in [-0.4, -0.2) is 30.1 Å². The summed E-state index contributed by atoms with van der Waals surface area (Å²) in [5.41, 5.74) is 5.41. The second-order valence-corrected chi connectivity index (χ2v) is 7.72. The summed E-state index contributed by atoms with van der Waals surface area (Å²) in [5, 5.41) is 10.5. The van der Waals surface area contributed by atoms with Gasteiger partial charge in [0.15, 0.2) is 5.82 Å². The third-order valence-corrected chi connectivity index (χ3v) is 5.15. The summed E-state index contributed by atoms with van der Waals surface area (Å²) in [6.45, 7) is 5.78. The first-order chi connectivity index (χ1) is 16.5. The SMILES string of the molecule is Cc1cccc(-c2nccc(Nc3ccnc(Nc4ccc(-c5c(C)noc5C)cc4)n3)n2)n1. The van der Waals surface area contributed by atoms with Gasteiger partial charge in [0.2, 0.25) is 5.95 Å². The van der Waals surface area contributed by atoms with E-state index < -0.39 is 0 Å². The molecule has 0 radical (unpaired) electrons. The van der Waals surface area contributed by atoms with Crippen LogP contribution in [0.5, 0.6) is 0 Å². The molecule has 9 nitrogen and oxygen atoms in total. The molecule has 0 aliphatic carbocycles. The molecule has 5 aromatic rings. The number of anilines is 4. The first-order valence-electron chi connectivity index (χ1n) is 10.7. The van der Waals surface area contributed by atoms with Crippen molar-refractivity contribution in [2.75, 3.05) is 10.6 Å². The fourth-order valence-electron chi connectivity index (χ4n) is 3.58. The number of hydrogen-bond acceptors (Lipinski definition) is 9. The summed E-state index contributed by atoms with van der Waals surface area (Å²) in [4.78, 5) is 22.3. The van der Waals surface area contributed by atoms with Crippen molar-refractivity contribution in [2.24, 2.45) is 0 Å². The Morgan fingerprint density at radius 3 is 2.24 bits per heavy atom. The lowest BCUT2D eigenvalue weighted by atomic mass is 10.0. The van der Waals surface area contributed by atoms with E-state index in [1.165, 1.54) is 0 Å². The van der Waals surface area contributed by atoms with E-state index in [9.17, 15) is 0 Å². The first kappa shape index (κ1) is 21.2. The molecule has 0 spiro atoms. The van der Waals surface area contributed by atoms with E-state index in [4.69, 9.17) is 4.52 Å². The van der Waals surface area contributed by atoms with E-state index >= 15 is 0 Å². The molecular weight excluding hydrogens is 428 g/mol. The summed E-state index contributed by atoms with van der Waals surface area (Å²) in [6.07, 6.45) is 3.37. The Balaban J connectivity index is 1.31. The number of pyridine rings is 1. The molecule has 168 valence electrons. The molecule has 0 saturated heterocycles. The number of aryl methyl sites for hydroxylation is 3. The lowest BCUT2D eigenvalue weighted by Crippen LogP contribution is -2.02. The van der Waals surface area contributed by atoms with Crippen LogP contribution in [0.4, 0.5) is 23.3 Å². The monoisotopic (exact) mass is 450 g/mol. The Morgan fingerprint density at radius 2 is 1.50 bits per heavy atom. The number of benzene rings is 1. The van der Waals surface area contributed by atoms with Gasteiger partial charge in [0.1, 0.15) is 23.1 Å². The summed E-state index contributed by atoms with van der Waals surface area (Å²) in [7, 11) is 0. The van der Waals surface area contributed by atoms with Crippen molar-refractivity contribution in [3.63, 3.8) is 0 Å². The average molecular weight is 451 g/mol. The summed E-state index contributed by atoms with van der Waals surface area (Å²) in [6, 6.07) is 17.3. The molecule has 1 aromatic carbocycles. The van der Waals surface area contributed by atoms with E-state index in [2.05, 4.69) is 40.7 Å². The van der Waals surface area contributed by atoms with Crippen LogP contribution in [0.2, 0.25) is 0 Å². The fourth-order valence-corrected chi connectivity index (χ4v) is 3.58. The van der Waals surface area contributed by atoms with Crippen molar-refractivity contribution in [1.29, 1.82) is 0 Å². The quantitative estimate of drug-likeness (QED) is 0.351. The van der Waals surface area contributed by atoms with E-state index in [1.54, 1.807) is 24.5 Å². The van der Waals surface area contributed by atoms with E-state index in [-0.39, 0.29) is 0 Å². The van der Waals surface area contributed by atoms with Gasteiger partial charge in [0.25, 0.3) is 0 Å². The second kappa shape index (κ2) is 9.07. The number of aromatic nitrogens is 6. The second-order valence-electron chi connectivity index (χ2n) is 7.72. The largest absolute Gasteiger partial charge is 0.361 e. The topological polar surface area (TPSA) is 115 Å². The highest BCUT2D eigenvalue weighted by Crippen LogP contribution is 2.28. The van der Waals surface area contributed by atoms with Crippen molar-refractivity contribution >= 4 is 23.3 Å². The third-order valence-electron chi connectivity index (χ3n) is 5.15. The zero-order valence-corrected chi connectivity index (χ0v) is 18.9. The van der Waals surface area contributed by atoms with Gasteiger partial charge < -0.3 is 15.2 Å². The van der Waals surface area contributed by atoms with Crippen LogP contribution in [0.25, 0.3) is 22.6 Å². The Labute approximate surface area is 196 Å². The standard InChI is InChI=1S/C25H22N8O/c1-15-5-4-6-20(28-15)24-26-13-11-21(31-24)30-22-12-14-27-25(32-22)29-19-9-7-18(8-10-19)23-16(2)33-34-17(23)3/h4-14H,1-3H3,(H2,26,27,29,30,31,32). The Bertz CT molecular complexity index is 1430. The van der Waals surface area contributed by atoms with Crippen LogP contribution in [-0.2, 0) is 0 Å². The molecule has 5 rings (SSSR count). The predicted molar refractivity (Wildman–Crippen MR) is 130 cm³/mol. The number of hydrogen-bond donors (Lipinski definition) is 2. The molecule has 0 amide bonds. The van der Waals surface area contributed by atoms with Crippen LogP contribution < -0.4 is 10.6 Å². The number of rotatable bonds is 6. The highest BCUT2D eigenvalue weighted by atomic mass is 16.5. The number of nitrogens with zero attached hydrogens (tertiary/aromatic N) is 6. The summed E-state index contributed by atoms with van der Waals surface area (Å²) < 4.78 is 5.27. The van der Waals surface area contributed by atoms with Crippen molar-refractivity contribution in [2.45, 2.75) is 20.8 Å². The van der Waals surface area contributed by atoms with Crippen molar-refractivity contribution in [1.82, 2.24) is 30.1 Å². The third kappa shape index (κ3) is 4.58. The maximum atomic E-state index is 5.27. The Kier molecular flexibility index (Phi) is 5.65. The predicted octanol–water partition coefficient (Wildman–Crippen LogP) is 5.40. The van der Waals surface area contributed by atoms with Gasteiger partial charge in [0, 0.05) is 29.3 Å². The summed E-state index contributed by atoms with van der Waals surface area (Å²) >= 11 is 0. The van der Waals surface area contributed by atoms with Gasteiger partial charge in [-0.15, -0.1) is 0 Å². The van der Waals surface area contributed by atoms with E-state index in [1.807, 2.05) is 63.2 Å². The lowest BCUT2D eigenvalue weighted by Gasteiger charge is -2.09. The van der Waals surface area contributed by atoms with Crippen LogP contribution in [0.1, 0.15) is 17.1 Å². The first-order valence-corrected chi connectivity index (χ1v) is 10.7. The molecule has 4 heterocycles. The van der Waals surface area contributed by atoms with Gasteiger partial charge in [-0.3, -0.25) is 0 Å². The molecule has 0 aliphatic rings. The molecule has 0 saturated carbocycles. The lowest BCUT2D eigenvalue weighted by molar-refractivity contribution is 0.393. The van der Waals surface area contributed by atoms with Gasteiger partial charge in [-0.25, -0.2) is 19.9 Å². The Morgan fingerprint density at radius 1 is 0.735 bits per heavy atom. The van der Waals surface area contributed by atoms with E-state index in [0.717, 1.165) is 34.0 Å². The average Bonchev–Trinajstić information content (AvgIpc) is 3.18. The Hall–Kier alpha value is -4.66. The minimum Gasteiger partial charge on any atom is -0.361 e.